The molecule has 1 saturated heterocycles. The molecule has 4 nitrogen and oxygen atoms in total. The van der Waals surface area contributed by atoms with Gasteiger partial charge in [0.05, 0.1) is 5.71 Å². The molecule has 0 aromatic heterocycles. The summed E-state index contributed by atoms with van der Waals surface area (Å²) in [5, 5.41) is 19.1. The van der Waals surface area contributed by atoms with Crippen LogP contribution in [-0.2, 0) is 0 Å². The molecule has 0 spiro atoms. The Morgan fingerprint density at radius 1 is 1.00 bits per heavy atom. The summed E-state index contributed by atoms with van der Waals surface area (Å²) < 4.78 is 0. The average molecular weight is 275 g/mol. The summed E-state index contributed by atoms with van der Waals surface area (Å²) in [5.41, 5.74) is 2.01. The molecule has 1 aromatic rings. The van der Waals surface area contributed by atoms with E-state index in [-0.39, 0.29) is 5.75 Å². The number of rotatable bonds is 1. The average Bonchev–Trinajstić information content (AvgIpc) is 2.49. The molecule has 1 aromatic carbocycles. The van der Waals surface area contributed by atoms with Crippen molar-refractivity contribution in [3.63, 3.8) is 0 Å². The van der Waals surface area contributed by atoms with E-state index in [0.29, 0.717) is 0 Å². The fraction of sp³-hybridized carbons (Fsp3) is 0.429. The zero-order valence-corrected chi connectivity index (χ0v) is 11.6. The summed E-state index contributed by atoms with van der Waals surface area (Å²) in [6.45, 7) is 2.21. The SMILES string of the molecule is Oc1ccc(C2=NN=C(N3CCCCC3)SC2)cc1. The van der Waals surface area contributed by atoms with E-state index in [2.05, 4.69) is 15.1 Å². The maximum Gasteiger partial charge on any atom is 0.186 e. The summed E-state index contributed by atoms with van der Waals surface area (Å²) in [7, 11) is 0. The second-order valence-corrected chi connectivity index (χ2v) is 5.76. The van der Waals surface area contributed by atoms with Crippen molar-refractivity contribution >= 4 is 22.6 Å². The summed E-state index contributed by atoms with van der Waals surface area (Å²) in [6, 6.07) is 7.14. The highest BCUT2D eigenvalue weighted by Crippen LogP contribution is 2.22. The normalized spacial score (nSPS) is 19.9. The zero-order valence-electron chi connectivity index (χ0n) is 10.7. The summed E-state index contributed by atoms with van der Waals surface area (Å²) in [4.78, 5) is 2.34. The molecule has 1 N–H and O–H groups in total. The van der Waals surface area contributed by atoms with E-state index in [1.165, 1.54) is 19.3 Å². The van der Waals surface area contributed by atoms with Crippen molar-refractivity contribution in [3.8, 4) is 5.75 Å². The van der Waals surface area contributed by atoms with Crippen molar-refractivity contribution in [3.05, 3.63) is 29.8 Å². The van der Waals surface area contributed by atoms with Crippen molar-refractivity contribution in [1.82, 2.24) is 4.90 Å². The first-order valence-corrected chi connectivity index (χ1v) is 7.63. The van der Waals surface area contributed by atoms with Gasteiger partial charge in [0.25, 0.3) is 0 Å². The summed E-state index contributed by atoms with van der Waals surface area (Å²) >= 11 is 1.76. The van der Waals surface area contributed by atoms with Crippen LogP contribution in [0.5, 0.6) is 5.75 Å². The van der Waals surface area contributed by atoms with Crippen molar-refractivity contribution in [2.45, 2.75) is 19.3 Å². The number of amidine groups is 1. The molecule has 1 fully saturated rings. The van der Waals surface area contributed by atoms with Gasteiger partial charge in [-0.25, -0.2) is 0 Å². The van der Waals surface area contributed by atoms with Gasteiger partial charge in [0.15, 0.2) is 5.17 Å². The van der Waals surface area contributed by atoms with Crippen LogP contribution in [0.4, 0.5) is 0 Å². The Hall–Kier alpha value is -1.49. The van der Waals surface area contributed by atoms with Crippen molar-refractivity contribution in [1.29, 1.82) is 0 Å². The highest BCUT2D eigenvalue weighted by molar-refractivity contribution is 8.14. The Morgan fingerprint density at radius 2 is 1.74 bits per heavy atom. The van der Waals surface area contributed by atoms with Crippen LogP contribution in [0.25, 0.3) is 0 Å². The monoisotopic (exact) mass is 275 g/mol. The predicted octanol–water partition coefficient (Wildman–Crippen LogP) is 2.69. The lowest BCUT2D eigenvalue weighted by Gasteiger charge is -2.29. The van der Waals surface area contributed by atoms with E-state index in [4.69, 9.17) is 0 Å². The van der Waals surface area contributed by atoms with Crippen molar-refractivity contribution < 1.29 is 5.11 Å². The maximum absolute atomic E-state index is 9.29. The Kier molecular flexibility index (Phi) is 3.73. The van der Waals surface area contributed by atoms with Gasteiger partial charge in [-0.2, -0.15) is 5.10 Å². The molecule has 0 radical (unpaired) electrons. The molecule has 2 aliphatic heterocycles. The molecule has 5 heteroatoms. The Balaban J connectivity index is 1.74. The van der Waals surface area contributed by atoms with Gasteiger partial charge >= 0.3 is 0 Å². The standard InChI is InChI=1S/C14H17N3OS/c18-12-6-4-11(5-7-12)13-10-19-14(16-15-13)17-8-2-1-3-9-17/h4-7,18H,1-3,8-10H2. The zero-order chi connectivity index (χ0) is 13.1. The molecule has 0 aliphatic carbocycles. The van der Waals surface area contributed by atoms with Crippen LogP contribution in [0.1, 0.15) is 24.8 Å². The lowest BCUT2D eigenvalue weighted by Crippen LogP contribution is -2.35. The van der Waals surface area contributed by atoms with Gasteiger partial charge in [0.2, 0.25) is 0 Å². The van der Waals surface area contributed by atoms with Crippen LogP contribution in [-0.4, -0.2) is 39.7 Å². The molecule has 0 amide bonds. The number of benzene rings is 1. The second kappa shape index (κ2) is 5.65. The van der Waals surface area contributed by atoms with Gasteiger partial charge < -0.3 is 10.0 Å². The Labute approximate surface area is 117 Å². The number of likely N-dealkylation sites (tertiary alicyclic amines) is 1. The molecule has 2 heterocycles. The smallest absolute Gasteiger partial charge is 0.186 e. The number of phenolic OH excluding ortho intramolecular Hbond substituents is 1. The van der Waals surface area contributed by atoms with Gasteiger partial charge in [0, 0.05) is 18.8 Å². The number of aromatic hydroxyl groups is 1. The Morgan fingerprint density at radius 3 is 2.37 bits per heavy atom. The van der Waals surface area contributed by atoms with E-state index in [1.807, 2.05) is 12.1 Å². The molecule has 3 rings (SSSR count). The van der Waals surface area contributed by atoms with Gasteiger partial charge in [-0.1, -0.05) is 11.8 Å². The quantitative estimate of drug-likeness (QED) is 0.857. The lowest BCUT2D eigenvalue weighted by atomic mass is 10.1. The molecule has 0 unspecified atom stereocenters. The highest BCUT2D eigenvalue weighted by Gasteiger charge is 2.19. The largest absolute Gasteiger partial charge is 0.508 e. The van der Waals surface area contributed by atoms with Crippen LogP contribution in [0.15, 0.2) is 34.5 Å². The van der Waals surface area contributed by atoms with E-state index in [1.54, 1.807) is 23.9 Å². The van der Waals surface area contributed by atoms with Gasteiger partial charge in [-0.15, -0.1) is 5.10 Å². The highest BCUT2D eigenvalue weighted by atomic mass is 32.2. The third-order valence-corrected chi connectivity index (χ3v) is 4.44. The van der Waals surface area contributed by atoms with Crippen LogP contribution in [0.2, 0.25) is 0 Å². The lowest BCUT2D eigenvalue weighted by molar-refractivity contribution is 0.347. The third-order valence-electron chi connectivity index (χ3n) is 3.42. The van der Waals surface area contributed by atoms with Gasteiger partial charge in [-0.05, 0) is 49.1 Å². The van der Waals surface area contributed by atoms with Crippen LogP contribution in [0, 0.1) is 0 Å². The maximum atomic E-state index is 9.29. The predicted molar refractivity (Wildman–Crippen MR) is 80.0 cm³/mol. The minimum atomic E-state index is 0.283. The first-order chi connectivity index (χ1) is 9.33. The first kappa shape index (κ1) is 12.5. The Bertz CT molecular complexity index is 504. The molecule has 0 atom stereocenters. The third kappa shape index (κ3) is 2.92. The second-order valence-electron chi connectivity index (χ2n) is 4.81. The summed E-state index contributed by atoms with van der Waals surface area (Å²) in [5.74, 6) is 1.13. The number of hydrogen-bond donors (Lipinski definition) is 1. The van der Waals surface area contributed by atoms with Crippen molar-refractivity contribution in [2.24, 2.45) is 10.2 Å². The van der Waals surface area contributed by atoms with Gasteiger partial charge in [0.1, 0.15) is 5.75 Å². The number of nitrogens with zero attached hydrogens (tertiary/aromatic N) is 3. The van der Waals surface area contributed by atoms with Crippen molar-refractivity contribution in [2.75, 3.05) is 18.8 Å². The number of piperidine rings is 1. The fourth-order valence-corrected chi connectivity index (χ4v) is 3.28. The van der Waals surface area contributed by atoms with Gasteiger partial charge in [-0.3, -0.25) is 0 Å². The van der Waals surface area contributed by atoms with E-state index >= 15 is 0 Å². The minimum absolute atomic E-state index is 0.283. The molecule has 100 valence electrons. The van der Waals surface area contributed by atoms with E-state index in [9.17, 15) is 5.11 Å². The molecule has 2 aliphatic rings. The fourth-order valence-electron chi connectivity index (χ4n) is 2.33. The van der Waals surface area contributed by atoms with Crippen LogP contribution in [0.3, 0.4) is 0 Å². The number of thioether (sulfide) groups is 1. The molecule has 19 heavy (non-hydrogen) atoms. The molecular formula is C14H17N3OS. The number of phenols is 1. The topological polar surface area (TPSA) is 48.2 Å². The molecular weight excluding hydrogens is 258 g/mol. The minimum Gasteiger partial charge on any atom is -0.508 e. The van der Waals surface area contributed by atoms with E-state index in [0.717, 1.165) is 35.3 Å². The van der Waals surface area contributed by atoms with Crippen LogP contribution >= 0.6 is 11.8 Å². The molecule has 0 saturated carbocycles. The van der Waals surface area contributed by atoms with Crippen LogP contribution < -0.4 is 0 Å². The summed E-state index contributed by atoms with van der Waals surface area (Å²) in [6.07, 6.45) is 3.85. The van der Waals surface area contributed by atoms with E-state index < -0.39 is 0 Å². The molecule has 0 bridgehead atoms. The number of hydrogen-bond acceptors (Lipinski definition) is 5. The first-order valence-electron chi connectivity index (χ1n) is 6.64.